The topological polar surface area (TPSA) is 69.7 Å². The molecule has 0 bridgehead atoms. The first-order chi connectivity index (χ1) is 14.5. The molecule has 6 nitrogen and oxygen atoms in total. The maximum absolute atomic E-state index is 12.6. The number of Topliss-reactive ketones (excluding diaryl/α,β-unsaturated/α-hetero) is 1. The molecule has 0 radical (unpaired) electrons. The van der Waals surface area contributed by atoms with Gasteiger partial charge in [0.15, 0.2) is 5.78 Å². The van der Waals surface area contributed by atoms with Crippen LogP contribution in [0.5, 0.6) is 0 Å². The lowest BCUT2D eigenvalue weighted by atomic mass is 10.1. The van der Waals surface area contributed by atoms with Crippen molar-refractivity contribution >= 4 is 27.1 Å². The lowest BCUT2D eigenvalue weighted by Gasteiger charge is -2.27. The first kappa shape index (κ1) is 23.1. The van der Waals surface area contributed by atoms with E-state index in [1.54, 1.807) is 23.5 Å². The molecule has 0 saturated carbocycles. The van der Waals surface area contributed by atoms with Crippen molar-refractivity contribution in [3.63, 3.8) is 0 Å². The molecule has 1 fully saturated rings. The third-order valence-electron chi connectivity index (χ3n) is 5.60. The third kappa shape index (κ3) is 5.36. The predicted octanol–water partition coefficient (Wildman–Crippen LogP) is 3.39. The molecule has 1 unspecified atom stereocenters. The fourth-order valence-electron chi connectivity index (χ4n) is 3.89. The van der Waals surface area contributed by atoms with Crippen LogP contribution in [0.2, 0.25) is 0 Å². The molecule has 0 aliphatic carbocycles. The number of rotatable bonds is 11. The van der Waals surface area contributed by atoms with E-state index in [1.807, 2.05) is 13.8 Å². The van der Waals surface area contributed by atoms with E-state index in [9.17, 15) is 13.2 Å². The number of hydrogen-bond donors (Lipinski definition) is 1. The van der Waals surface area contributed by atoms with E-state index in [0.717, 1.165) is 19.6 Å². The molecule has 1 N–H and O–H groups in total. The quantitative estimate of drug-likeness (QED) is 0.533. The highest BCUT2D eigenvalue weighted by molar-refractivity contribution is 7.89. The summed E-state index contributed by atoms with van der Waals surface area (Å²) in [7, 11) is -3.50. The number of thiophene rings is 1. The Morgan fingerprint density at radius 2 is 1.80 bits per heavy atom. The minimum Gasteiger partial charge on any atom is -0.308 e. The molecule has 1 atom stereocenters. The van der Waals surface area contributed by atoms with Crippen LogP contribution in [0.4, 0.5) is 0 Å². The Balaban J connectivity index is 1.59. The summed E-state index contributed by atoms with van der Waals surface area (Å²) >= 11 is 1.76. The minimum atomic E-state index is -3.50. The van der Waals surface area contributed by atoms with E-state index in [2.05, 4.69) is 27.7 Å². The van der Waals surface area contributed by atoms with Crippen molar-refractivity contribution < 1.29 is 13.2 Å². The van der Waals surface area contributed by atoms with Gasteiger partial charge in [0.25, 0.3) is 0 Å². The second-order valence-corrected chi connectivity index (χ2v) is 10.4. The maximum Gasteiger partial charge on any atom is 0.243 e. The average Bonchev–Trinajstić information content (AvgIpc) is 3.46. The first-order valence-electron chi connectivity index (χ1n) is 10.6. The van der Waals surface area contributed by atoms with E-state index >= 15 is 0 Å². The molecule has 1 aliphatic rings. The Hall–Kier alpha value is -1.58. The second-order valence-electron chi connectivity index (χ2n) is 7.44. The molecule has 3 rings (SSSR count). The molecule has 1 aliphatic heterocycles. The fourth-order valence-corrected chi connectivity index (χ4v) is 6.21. The zero-order chi connectivity index (χ0) is 21.6. The van der Waals surface area contributed by atoms with Crippen LogP contribution in [-0.2, 0) is 10.0 Å². The summed E-state index contributed by atoms with van der Waals surface area (Å²) in [5.41, 5.74) is 0.523. The van der Waals surface area contributed by atoms with Crippen molar-refractivity contribution in [3.05, 3.63) is 52.2 Å². The van der Waals surface area contributed by atoms with Crippen LogP contribution in [0.25, 0.3) is 0 Å². The van der Waals surface area contributed by atoms with Gasteiger partial charge in [0.1, 0.15) is 0 Å². The van der Waals surface area contributed by atoms with Gasteiger partial charge in [-0.15, -0.1) is 11.3 Å². The van der Waals surface area contributed by atoms with Crippen molar-refractivity contribution in [2.75, 3.05) is 39.3 Å². The van der Waals surface area contributed by atoms with Gasteiger partial charge in [-0.2, -0.15) is 4.31 Å². The molecule has 0 amide bonds. The van der Waals surface area contributed by atoms with E-state index in [1.165, 1.54) is 34.2 Å². The minimum absolute atomic E-state index is 0.0341. The molecule has 1 saturated heterocycles. The second kappa shape index (κ2) is 10.6. The highest BCUT2D eigenvalue weighted by Crippen LogP contribution is 2.27. The normalized spacial score (nSPS) is 16.2. The van der Waals surface area contributed by atoms with Gasteiger partial charge < -0.3 is 5.32 Å². The summed E-state index contributed by atoms with van der Waals surface area (Å²) in [5.74, 6) is -0.0341. The summed E-state index contributed by atoms with van der Waals surface area (Å²) < 4.78 is 26.6. The Morgan fingerprint density at radius 1 is 1.13 bits per heavy atom. The zero-order valence-electron chi connectivity index (χ0n) is 17.7. The molecule has 1 aromatic carbocycles. The molecule has 2 heterocycles. The number of nitrogens with zero attached hydrogens (tertiary/aromatic N) is 2. The predicted molar refractivity (Wildman–Crippen MR) is 122 cm³/mol. The highest BCUT2D eigenvalue weighted by atomic mass is 32.2. The number of ketones is 1. The summed E-state index contributed by atoms with van der Waals surface area (Å²) in [6.07, 6.45) is 2.45. The van der Waals surface area contributed by atoms with Crippen molar-refractivity contribution in [1.29, 1.82) is 0 Å². The lowest BCUT2D eigenvalue weighted by molar-refractivity contribution is 0.0987. The van der Waals surface area contributed by atoms with E-state index < -0.39 is 10.0 Å². The standard InChI is InChI=1S/C22H31N3O3S2/c1-3-25(4-2)30(27,28)19-11-9-18(10-12-19)21(26)17-23-16-20(22-8-7-15-29-22)24-13-5-6-14-24/h7-12,15,20,23H,3-6,13-14,16-17H2,1-2H3. The van der Waals surface area contributed by atoms with Crippen molar-refractivity contribution in [3.8, 4) is 0 Å². The Bertz CT molecular complexity index is 902. The Morgan fingerprint density at radius 3 is 2.37 bits per heavy atom. The van der Waals surface area contributed by atoms with Gasteiger partial charge in [0.2, 0.25) is 10.0 Å². The number of likely N-dealkylation sites (tertiary alicyclic amines) is 1. The third-order valence-corrected chi connectivity index (χ3v) is 8.63. The lowest BCUT2D eigenvalue weighted by Crippen LogP contribution is -2.35. The smallest absolute Gasteiger partial charge is 0.243 e. The van der Waals surface area contributed by atoms with E-state index in [0.29, 0.717) is 24.7 Å². The van der Waals surface area contributed by atoms with Gasteiger partial charge >= 0.3 is 0 Å². The van der Waals surface area contributed by atoms with Crippen LogP contribution in [-0.4, -0.2) is 62.7 Å². The fraction of sp³-hybridized carbons (Fsp3) is 0.500. The van der Waals surface area contributed by atoms with E-state index in [-0.39, 0.29) is 17.2 Å². The van der Waals surface area contributed by atoms with Gasteiger partial charge in [0, 0.05) is 30.1 Å². The van der Waals surface area contributed by atoms with Gasteiger partial charge in [-0.3, -0.25) is 9.69 Å². The van der Waals surface area contributed by atoms with Crippen LogP contribution in [0, 0.1) is 0 Å². The molecule has 164 valence electrons. The van der Waals surface area contributed by atoms with Crippen molar-refractivity contribution in [2.24, 2.45) is 0 Å². The van der Waals surface area contributed by atoms with Crippen LogP contribution >= 0.6 is 11.3 Å². The summed E-state index contributed by atoms with van der Waals surface area (Å²) in [6.45, 7) is 7.63. The number of carbonyl (C=O) groups excluding carboxylic acids is 1. The number of nitrogens with one attached hydrogen (secondary N) is 1. The monoisotopic (exact) mass is 449 g/mol. The highest BCUT2D eigenvalue weighted by Gasteiger charge is 2.24. The van der Waals surface area contributed by atoms with Gasteiger partial charge in [-0.1, -0.05) is 32.0 Å². The van der Waals surface area contributed by atoms with Gasteiger partial charge in [0.05, 0.1) is 17.5 Å². The molecule has 8 heteroatoms. The van der Waals surface area contributed by atoms with Gasteiger partial charge in [-0.25, -0.2) is 8.42 Å². The number of hydrogen-bond acceptors (Lipinski definition) is 6. The Labute approximate surface area is 183 Å². The zero-order valence-corrected chi connectivity index (χ0v) is 19.3. The molecule has 2 aromatic rings. The first-order valence-corrected chi connectivity index (χ1v) is 12.9. The molecular weight excluding hydrogens is 418 g/mol. The summed E-state index contributed by atoms with van der Waals surface area (Å²) in [6, 6.07) is 10.8. The number of carbonyl (C=O) groups is 1. The van der Waals surface area contributed by atoms with E-state index in [4.69, 9.17) is 0 Å². The van der Waals surface area contributed by atoms with Crippen LogP contribution < -0.4 is 5.32 Å². The van der Waals surface area contributed by atoms with Crippen molar-refractivity contribution in [1.82, 2.24) is 14.5 Å². The summed E-state index contributed by atoms with van der Waals surface area (Å²) in [5, 5.41) is 5.41. The van der Waals surface area contributed by atoms with Crippen LogP contribution in [0.3, 0.4) is 0 Å². The maximum atomic E-state index is 12.6. The number of benzene rings is 1. The molecule has 0 spiro atoms. The largest absolute Gasteiger partial charge is 0.308 e. The van der Waals surface area contributed by atoms with Gasteiger partial charge in [-0.05, 0) is 49.5 Å². The molecule has 1 aromatic heterocycles. The van der Waals surface area contributed by atoms with Crippen molar-refractivity contribution in [2.45, 2.75) is 37.6 Å². The average molecular weight is 450 g/mol. The van der Waals surface area contributed by atoms with Crippen LogP contribution in [0.15, 0.2) is 46.7 Å². The molecule has 30 heavy (non-hydrogen) atoms. The van der Waals surface area contributed by atoms with Crippen LogP contribution in [0.1, 0.15) is 48.0 Å². The Kier molecular flexibility index (Phi) is 8.19. The number of sulfonamides is 1. The summed E-state index contributed by atoms with van der Waals surface area (Å²) in [4.78, 5) is 16.6. The molecular formula is C22H31N3O3S2. The SMILES string of the molecule is CCN(CC)S(=O)(=O)c1ccc(C(=O)CNCC(c2cccs2)N2CCCC2)cc1.